The molecule has 0 saturated carbocycles. The standard InChI is InChI=1S/C20H15ClN2O7/c21-13-5-1-12(2-6-13)18(26)16-17(11-3-7-14(8-4-11)23(29)30)22(10-9-15(24)25)20(28)19(16)27/h1-8,17,26H,9-10H2,(H,24,25). The Hall–Kier alpha value is -3.72. The average Bonchev–Trinajstić information content (AvgIpc) is 2.97. The summed E-state index contributed by atoms with van der Waals surface area (Å²) in [5, 5.41) is 31.1. The molecule has 1 amide bonds. The fourth-order valence-corrected chi connectivity index (χ4v) is 3.34. The summed E-state index contributed by atoms with van der Waals surface area (Å²) in [6.07, 6.45) is -0.419. The van der Waals surface area contributed by atoms with Crippen LogP contribution in [0.2, 0.25) is 5.02 Å². The number of Topliss-reactive ketones (excluding diaryl/α,β-unsaturated/α-hetero) is 1. The molecule has 0 bridgehead atoms. The summed E-state index contributed by atoms with van der Waals surface area (Å²) in [6.45, 7) is -0.279. The first-order valence-electron chi connectivity index (χ1n) is 8.71. The van der Waals surface area contributed by atoms with E-state index < -0.39 is 40.8 Å². The van der Waals surface area contributed by atoms with Crippen molar-refractivity contribution < 1.29 is 29.5 Å². The number of hydrogen-bond donors (Lipinski definition) is 2. The number of aliphatic hydroxyl groups excluding tert-OH is 1. The van der Waals surface area contributed by atoms with Crippen LogP contribution in [0.5, 0.6) is 0 Å². The van der Waals surface area contributed by atoms with Gasteiger partial charge in [0.1, 0.15) is 5.76 Å². The number of carboxylic acids is 1. The monoisotopic (exact) mass is 430 g/mol. The van der Waals surface area contributed by atoms with E-state index in [1.165, 1.54) is 48.5 Å². The molecule has 0 aliphatic carbocycles. The van der Waals surface area contributed by atoms with Crippen molar-refractivity contribution in [3.63, 3.8) is 0 Å². The number of carbonyl (C=O) groups excluding carboxylic acids is 2. The summed E-state index contributed by atoms with van der Waals surface area (Å²) < 4.78 is 0. The highest BCUT2D eigenvalue weighted by molar-refractivity contribution is 6.46. The Morgan fingerprint density at radius 3 is 2.20 bits per heavy atom. The number of nitrogens with zero attached hydrogens (tertiary/aromatic N) is 2. The summed E-state index contributed by atoms with van der Waals surface area (Å²) in [7, 11) is 0. The lowest BCUT2D eigenvalue weighted by molar-refractivity contribution is -0.384. The fourth-order valence-electron chi connectivity index (χ4n) is 3.21. The number of aliphatic carboxylic acids is 1. The molecule has 1 aliphatic rings. The van der Waals surface area contributed by atoms with Crippen LogP contribution in [0.15, 0.2) is 54.1 Å². The summed E-state index contributed by atoms with van der Waals surface area (Å²) in [6, 6.07) is 9.96. The van der Waals surface area contributed by atoms with E-state index in [9.17, 15) is 29.6 Å². The molecule has 1 aliphatic heterocycles. The summed E-state index contributed by atoms with van der Waals surface area (Å²) in [5.41, 5.74) is 0.128. The predicted molar refractivity (Wildman–Crippen MR) is 106 cm³/mol. The number of carboxylic acid groups (broad SMARTS) is 1. The smallest absolute Gasteiger partial charge is 0.305 e. The van der Waals surface area contributed by atoms with Crippen molar-refractivity contribution in [2.45, 2.75) is 12.5 Å². The van der Waals surface area contributed by atoms with E-state index in [0.717, 1.165) is 4.90 Å². The highest BCUT2D eigenvalue weighted by Crippen LogP contribution is 2.40. The summed E-state index contributed by atoms with van der Waals surface area (Å²) >= 11 is 5.85. The Labute approximate surface area is 175 Å². The van der Waals surface area contributed by atoms with Gasteiger partial charge in [0.15, 0.2) is 0 Å². The SMILES string of the molecule is O=C(O)CCN1C(=O)C(=O)C(=C(O)c2ccc(Cl)cc2)C1c1ccc([N+](=O)[O-])cc1. The second kappa shape index (κ2) is 8.34. The second-order valence-electron chi connectivity index (χ2n) is 6.49. The van der Waals surface area contributed by atoms with Crippen LogP contribution in [0.25, 0.3) is 5.76 Å². The Morgan fingerprint density at radius 1 is 1.07 bits per heavy atom. The summed E-state index contributed by atoms with van der Waals surface area (Å²) in [4.78, 5) is 47.7. The van der Waals surface area contributed by atoms with Crippen LogP contribution in [0.4, 0.5) is 5.69 Å². The van der Waals surface area contributed by atoms with E-state index in [1.54, 1.807) is 0 Å². The highest BCUT2D eigenvalue weighted by Gasteiger charge is 2.46. The first-order chi connectivity index (χ1) is 14.2. The van der Waals surface area contributed by atoms with E-state index in [1.807, 2.05) is 0 Å². The lowest BCUT2D eigenvalue weighted by atomic mass is 9.95. The van der Waals surface area contributed by atoms with Crippen molar-refractivity contribution in [3.05, 3.63) is 80.4 Å². The molecule has 154 valence electrons. The van der Waals surface area contributed by atoms with Crippen LogP contribution in [0.3, 0.4) is 0 Å². The van der Waals surface area contributed by atoms with Gasteiger partial charge >= 0.3 is 5.97 Å². The van der Waals surface area contributed by atoms with Crippen LogP contribution < -0.4 is 0 Å². The van der Waals surface area contributed by atoms with Gasteiger partial charge in [-0.2, -0.15) is 0 Å². The van der Waals surface area contributed by atoms with Crippen molar-refractivity contribution >= 4 is 40.7 Å². The van der Waals surface area contributed by atoms with Crippen molar-refractivity contribution in [1.82, 2.24) is 4.90 Å². The van der Waals surface area contributed by atoms with Gasteiger partial charge in [-0.15, -0.1) is 0 Å². The molecule has 0 radical (unpaired) electrons. The molecular weight excluding hydrogens is 416 g/mol. The van der Waals surface area contributed by atoms with Crippen molar-refractivity contribution in [2.75, 3.05) is 6.54 Å². The molecule has 2 aromatic carbocycles. The molecular formula is C20H15ClN2O7. The maximum Gasteiger partial charge on any atom is 0.305 e. The predicted octanol–water partition coefficient (Wildman–Crippen LogP) is 3.14. The normalized spacial score (nSPS) is 17.9. The average molecular weight is 431 g/mol. The molecule has 1 unspecified atom stereocenters. The number of nitro benzene ring substituents is 1. The lowest BCUT2D eigenvalue weighted by Crippen LogP contribution is -2.31. The number of rotatable bonds is 6. The second-order valence-corrected chi connectivity index (χ2v) is 6.93. The zero-order chi connectivity index (χ0) is 22.0. The number of ketones is 1. The largest absolute Gasteiger partial charge is 0.507 e. The number of hydrogen-bond acceptors (Lipinski definition) is 6. The van der Waals surface area contributed by atoms with Crippen LogP contribution in [0, 0.1) is 10.1 Å². The molecule has 1 heterocycles. The van der Waals surface area contributed by atoms with Gasteiger partial charge in [0.2, 0.25) is 0 Å². The summed E-state index contributed by atoms with van der Waals surface area (Å²) in [5.74, 6) is -3.56. The third-order valence-corrected chi connectivity index (χ3v) is 4.90. The molecule has 9 nitrogen and oxygen atoms in total. The third kappa shape index (κ3) is 4.01. The van der Waals surface area contributed by atoms with Gasteiger partial charge in [0.25, 0.3) is 17.4 Å². The number of aliphatic hydroxyl groups is 1. The molecule has 10 heteroatoms. The van der Waals surface area contributed by atoms with Crippen LogP contribution in [0.1, 0.15) is 23.6 Å². The minimum atomic E-state index is -1.17. The highest BCUT2D eigenvalue weighted by atomic mass is 35.5. The van der Waals surface area contributed by atoms with Crippen molar-refractivity contribution in [1.29, 1.82) is 0 Å². The number of likely N-dealkylation sites (tertiary alicyclic amines) is 1. The molecule has 2 N–H and O–H groups in total. The van der Waals surface area contributed by atoms with E-state index in [0.29, 0.717) is 10.6 Å². The number of non-ortho nitro benzene ring substituents is 1. The maximum absolute atomic E-state index is 12.7. The number of amides is 1. The number of nitro groups is 1. The molecule has 30 heavy (non-hydrogen) atoms. The zero-order valence-corrected chi connectivity index (χ0v) is 16.1. The van der Waals surface area contributed by atoms with E-state index in [4.69, 9.17) is 16.7 Å². The van der Waals surface area contributed by atoms with Crippen molar-refractivity contribution in [2.24, 2.45) is 0 Å². The van der Waals surface area contributed by atoms with Gasteiger partial charge < -0.3 is 15.1 Å². The van der Waals surface area contributed by atoms with Gasteiger partial charge in [-0.3, -0.25) is 24.5 Å². The van der Waals surface area contributed by atoms with Gasteiger partial charge in [0.05, 0.1) is 23.0 Å². The Balaban J connectivity index is 2.14. The van der Waals surface area contributed by atoms with E-state index >= 15 is 0 Å². The molecule has 1 fully saturated rings. The zero-order valence-electron chi connectivity index (χ0n) is 15.3. The molecule has 1 atom stereocenters. The Bertz CT molecular complexity index is 1060. The fraction of sp³-hybridized carbons (Fsp3) is 0.150. The van der Waals surface area contributed by atoms with Crippen molar-refractivity contribution in [3.8, 4) is 0 Å². The van der Waals surface area contributed by atoms with Gasteiger partial charge in [0, 0.05) is 29.3 Å². The first-order valence-corrected chi connectivity index (χ1v) is 9.09. The minimum Gasteiger partial charge on any atom is -0.507 e. The van der Waals surface area contributed by atoms with Gasteiger partial charge in [-0.1, -0.05) is 11.6 Å². The van der Waals surface area contributed by atoms with Crippen LogP contribution >= 0.6 is 11.6 Å². The van der Waals surface area contributed by atoms with Gasteiger partial charge in [-0.05, 0) is 42.0 Å². The Morgan fingerprint density at radius 2 is 1.67 bits per heavy atom. The van der Waals surface area contributed by atoms with Crippen LogP contribution in [-0.2, 0) is 14.4 Å². The minimum absolute atomic E-state index is 0.195. The maximum atomic E-state index is 12.7. The number of benzene rings is 2. The lowest BCUT2D eigenvalue weighted by Gasteiger charge is -2.24. The van der Waals surface area contributed by atoms with E-state index in [-0.39, 0.29) is 23.4 Å². The molecule has 1 saturated heterocycles. The molecule has 0 aromatic heterocycles. The van der Waals surface area contributed by atoms with E-state index in [2.05, 4.69) is 0 Å². The third-order valence-electron chi connectivity index (χ3n) is 4.64. The number of carbonyl (C=O) groups is 3. The first kappa shape index (κ1) is 21.0. The topological polar surface area (TPSA) is 138 Å². The number of halogens is 1. The molecule has 3 rings (SSSR count). The quantitative estimate of drug-likeness (QED) is 0.236. The molecule has 2 aromatic rings. The van der Waals surface area contributed by atoms with Crippen LogP contribution in [-0.4, -0.2) is 44.2 Å². The Kier molecular flexibility index (Phi) is 5.84. The molecule has 0 spiro atoms. The van der Waals surface area contributed by atoms with Gasteiger partial charge in [-0.25, -0.2) is 0 Å².